The van der Waals surface area contributed by atoms with Crippen LogP contribution in [0.3, 0.4) is 0 Å². The lowest BCUT2D eigenvalue weighted by molar-refractivity contribution is 0.0836. The van der Waals surface area contributed by atoms with E-state index in [0.717, 1.165) is 48.3 Å². The summed E-state index contributed by atoms with van der Waals surface area (Å²) in [6.07, 6.45) is 8.09. The first-order valence-corrected chi connectivity index (χ1v) is 10.4. The summed E-state index contributed by atoms with van der Waals surface area (Å²) in [5, 5.41) is 4.26. The molecule has 148 valence electrons. The molecule has 3 aromatic rings. The minimum Gasteiger partial charge on any atom is -0.376 e. The Labute approximate surface area is 175 Å². The second-order valence-electron chi connectivity index (χ2n) is 7.40. The number of thiocarbonyl (C=S) groups is 1. The average Bonchev–Trinajstić information content (AvgIpc) is 3.51. The summed E-state index contributed by atoms with van der Waals surface area (Å²) in [6.45, 7) is 1.60. The largest absolute Gasteiger partial charge is 0.376 e. The second-order valence-corrected chi connectivity index (χ2v) is 7.79. The van der Waals surface area contributed by atoms with Crippen LogP contribution in [0.15, 0.2) is 67.1 Å². The molecular weight excluding hydrogens is 382 g/mol. The van der Waals surface area contributed by atoms with Crippen LogP contribution in [-0.4, -0.2) is 43.8 Å². The third-order valence-electron chi connectivity index (χ3n) is 5.60. The topological polar surface area (TPSA) is 55.2 Å². The van der Waals surface area contributed by atoms with Gasteiger partial charge in [-0.25, -0.2) is 4.98 Å². The molecule has 3 atom stereocenters. The zero-order chi connectivity index (χ0) is 19.6. The van der Waals surface area contributed by atoms with Gasteiger partial charge in [0.2, 0.25) is 0 Å². The van der Waals surface area contributed by atoms with E-state index < -0.39 is 0 Å². The van der Waals surface area contributed by atoms with E-state index in [9.17, 15) is 0 Å². The fourth-order valence-electron chi connectivity index (χ4n) is 4.27. The van der Waals surface area contributed by atoms with Gasteiger partial charge in [-0.1, -0.05) is 12.1 Å². The van der Waals surface area contributed by atoms with E-state index in [1.54, 1.807) is 0 Å². The van der Waals surface area contributed by atoms with Crippen molar-refractivity contribution in [2.75, 3.05) is 13.2 Å². The van der Waals surface area contributed by atoms with Crippen LogP contribution in [0.2, 0.25) is 0 Å². The van der Waals surface area contributed by atoms with Crippen LogP contribution in [0, 0.1) is 0 Å². The van der Waals surface area contributed by atoms with Crippen LogP contribution >= 0.6 is 12.2 Å². The SMILES string of the molecule is S=C1N[C@@H](c2ccccn2)[C@@H](c2cccn2-c2ccccn2)N1C[C@@H]1CCCO1. The van der Waals surface area contributed by atoms with E-state index in [4.69, 9.17) is 17.0 Å². The summed E-state index contributed by atoms with van der Waals surface area (Å²) in [6, 6.07) is 16.1. The molecule has 1 N–H and O–H groups in total. The molecule has 2 fully saturated rings. The van der Waals surface area contributed by atoms with Crippen molar-refractivity contribution in [3.8, 4) is 5.82 Å². The number of nitrogens with zero attached hydrogens (tertiary/aromatic N) is 4. The predicted molar refractivity (Wildman–Crippen MR) is 115 cm³/mol. The molecular formula is C22H23N5OS. The minimum absolute atomic E-state index is 0.00129. The van der Waals surface area contributed by atoms with E-state index in [1.807, 2.05) is 42.7 Å². The van der Waals surface area contributed by atoms with Crippen molar-refractivity contribution in [1.29, 1.82) is 0 Å². The predicted octanol–water partition coefficient (Wildman–Crippen LogP) is 3.42. The molecule has 6 nitrogen and oxygen atoms in total. The zero-order valence-electron chi connectivity index (χ0n) is 16.0. The molecule has 2 aliphatic rings. The van der Waals surface area contributed by atoms with Gasteiger partial charge >= 0.3 is 0 Å². The van der Waals surface area contributed by atoms with E-state index in [-0.39, 0.29) is 18.2 Å². The van der Waals surface area contributed by atoms with Gasteiger partial charge in [0, 0.05) is 37.4 Å². The maximum absolute atomic E-state index is 5.92. The molecule has 0 unspecified atom stereocenters. The molecule has 0 aromatic carbocycles. The van der Waals surface area contributed by atoms with Crippen molar-refractivity contribution >= 4 is 17.3 Å². The first-order chi connectivity index (χ1) is 14.3. The fourth-order valence-corrected chi connectivity index (χ4v) is 4.59. The van der Waals surface area contributed by atoms with E-state index in [2.05, 4.69) is 49.1 Å². The Morgan fingerprint density at radius 2 is 1.93 bits per heavy atom. The fraction of sp³-hybridized carbons (Fsp3) is 0.318. The zero-order valence-corrected chi connectivity index (χ0v) is 16.8. The van der Waals surface area contributed by atoms with Crippen molar-refractivity contribution < 1.29 is 4.74 Å². The van der Waals surface area contributed by atoms with Crippen LogP contribution in [0.4, 0.5) is 0 Å². The Balaban J connectivity index is 1.57. The molecule has 0 aliphatic carbocycles. The van der Waals surface area contributed by atoms with Gasteiger partial charge in [-0.15, -0.1) is 0 Å². The van der Waals surface area contributed by atoms with Gasteiger partial charge in [-0.2, -0.15) is 0 Å². The molecule has 0 bridgehead atoms. The van der Waals surface area contributed by atoms with Crippen LogP contribution in [0.1, 0.15) is 36.3 Å². The number of hydrogen-bond acceptors (Lipinski definition) is 4. The molecule has 2 aliphatic heterocycles. The van der Waals surface area contributed by atoms with E-state index in [1.165, 1.54) is 0 Å². The third-order valence-corrected chi connectivity index (χ3v) is 5.95. The quantitative estimate of drug-likeness (QED) is 0.657. The molecule has 0 spiro atoms. The number of nitrogens with one attached hydrogen (secondary N) is 1. The molecule has 2 saturated heterocycles. The second kappa shape index (κ2) is 7.93. The van der Waals surface area contributed by atoms with Crippen LogP contribution in [-0.2, 0) is 4.74 Å². The molecule has 0 radical (unpaired) electrons. The first-order valence-electron chi connectivity index (χ1n) is 9.99. The number of ether oxygens (including phenoxy) is 1. The summed E-state index contributed by atoms with van der Waals surface area (Å²) in [5.74, 6) is 0.891. The Kier molecular flexibility index (Phi) is 4.99. The number of hydrogen-bond donors (Lipinski definition) is 1. The Bertz CT molecular complexity index is 971. The lowest BCUT2D eigenvalue weighted by Crippen LogP contribution is -2.36. The number of rotatable bonds is 5. The summed E-state index contributed by atoms with van der Waals surface area (Å²) in [5.41, 5.74) is 2.10. The Morgan fingerprint density at radius 3 is 2.66 bits per heavy atom. The lowest BCUT2D eigenvalue weighted by Gasteiger charge is -2.30. The molecule has 5 rings (SSSR count). The van der Waals surface area contributed by atoms with Crippen molar-refractivity contribution in [2.24, 2.45) is 0 Å². The van der Waals surface area contributed by atoms with Gasteiger partial charge in [0.05, 0.1) is 23.9 Å². The van der Waals surface area contributed by atoms with Gasteiger partial charge in [0.15, 0.2) is 5.11 Å². The highest BCUT2D eigenvalue weighted by Gasteiger charge is 2.42. The highest BCUT2D eigenvalue weighted by molar-refractivity contribution is 7.80. The van der Waals surface area contributed by atoms with Gasteiger partial charge in [0.1, 0.15) is 5.82 Å². The molecule has 5 heterocycles. The molecule has 0 amide bonds. The summed E-state index contributed by atoms with van der Waals surface area (Å²) >= 11 is 5.77. The van der Waals surface area contributed by atoms with Crippen LogP contribution in [0.25, 0.3) is 5.82 Å². The van der Waals surface area contributed by atoms with Crippen molar-refractivity contribution in [2.45, 2.75) is 31.0 Å². The van der Waals surface area contributed by atoms with Crippen molar-refractivity contribution in [1.82, 2.24) is 24.8 Å². The van der Waals surface area contributed by atoms with Crippen molar-refractivity contribution in [3.63, 3.8) is 0 Å². The van der Waals surface area contributed by atoms with Gasteiger partial charge in [-0.3, -0.25) is 4.98 Å². The number of pyridine rings is 2. The molecule has 7 heteroatoms. The van der Waals surface area contributed by atoms with E-state index >= 15 is 0 Å². The van der Waals surface area contributed by atoms with Gasteiger partial charge in [0.25, 0.3) is 0 Å². The Hall–Kier alpha value is -2.77. The summed E-state index contributed by atoms with van der Waals surface area (Å²) < 4.78 is 8.06. The number of aromatic nitrogens is 3. The average molecular weight is 406 g/mol. The monoisotopic (exact) mass is 405 g/mol. The van der Waals surface area contributed by atoms with Crippen LogP contribution < -0.4 is 5.32 Å². The Morgan fingerprint density at radius 1 is 1.07 bits per heavy atom. The summed E-state index contributed by atoms with van der Waals surface area (Å²) in [7, 11) is 0. The molecule has 29 heavy (non-hydrogen) atoms. The maximum atomic E-state index is 5.92. The van der Waals surface area contributed by atoms with Crippen LogP contribution in [0.5, 0.6) is 0 Å². The molecule has 3 aromatic heterocycles. The van der Waals surface area contributed by atoms with Crippen molar-refractivity contribution in [3.05, 3.63) is 78.5 Å². The van der Waals surface area contributed by atoms with Gasteiger partial charge in [-0.05, 0) is 61.5 Å². The highest BCUT2D eigenvalue weighted by atomic mass is 32.1. The lowest BCUT2D eigenvalue weighted by atomic mass is 10.0. The maximum Gasteiger partial charge on any atom is 0.170 e. The minimum atomic E-state index is -0.0394. The summed E-state index contributed by atoms with van der Waals surface area (Å²) in [4.78, 5) is 11.4. The third kappa shape index (κ3) is 3.52. The first kappa shape index (κ1) is 18.3. The smallest absolute Gasteiger partial charge is 0.170 e. The highest BCUT2D eigenvalue weighted by Crippen LogP contribution is 2.40. The van der Waals surface area contributed by atoms with Gasteiger partial charge < -0.3 is 19.5 Å². The molecule has 0 saturated carbocycles. The van der Waals surface area contributed by atoms with E-state index in [0.29, 0.717) is 0 Å². The normalized spacial score (nSPS) is 24.1. The standard InChI is InChI=1S/C22H23N5OS/c29-22-25-20(17-8-1-3-11-23-17)21(27(22)15-16-7-6-14-28-16)18-9-5-13-26(18)19-10-2-4-12-24-19/h1-5,8-13,16,20-21H,6-7,14-15H2,(H,25,29)/t16-,20-,21+/m0/s1.